The molecule has 1 heterocycles. The van der Waals surface area contributed by atoms with Crippen molar-refractivity contribution in [3.63, 3.8) is 0 Å². The Morgan fingerprint density at radius 2 is 2.05 bits per heavy atom. The van der Waals surface area contributed by atoms with Crippen molar-refractivity contribution in [2.75, 3.05) is 7.05 Å². The fourth-order valence-electron chi connectivity index (χ4n) is 2.51. The maximum absolute atomic E-state index is 13.5. The summed E-state index contributed by atoms with van der Waals surface area (Å²) in [4.78, 5) is 0.986. The maximum Gasteiger partial charge on any atom is 0.124 e. The Bertz CT molecular complexity index is 829. The molecule has 3 rings (SSSR count). The molecule has 0 bridgehead atoms. The molecule has 0 saturated carbocycles. The van der Waals surface area contributed by atoms with Gasteiger partial charge in [-0.15, -0.1) is 0 Å². The fraction of sp³-hybridized carbons (Fsp3) is 0.176. The first-order valence-corrected chi connectivity index (χ1v) is 7.79. The van der Waals surface area contributed by atoms with Gasteiger partial charge in [-0.25, -0.2) is 4.39 Å². The van der Waals surface area contributed by atoms with Gasteiger partial charge in [-0.05, 0) is 67.9 Å². The van der Waals surface area contributed by atoms with E-state index in [4.69, 9.17) is 0 Å². The van der Waals surface area contributed by atoms with Gasteiger partial charge in [-0.1, -0.05) is 6.07 Å². The van der Waals surface area contributed by atoms with Crippen molar-refractivity contribution in [1.82, 2.24) is 9.29 Å². The summed E-state index contributed by atoms with van der Waals surface area (Å²) in [5, 5.41) is 13.9. The molecule has 0 atom stereocenters. The van der Waals surface area contributed by atoms with Crippen LogP contribution in [-0.2, 0) is 6.54 Å². The lowest BCUT2D eigenvalue weighted by Gasteiger charge is -2.12. The van der Waals surface area contributed by atoms with Crippen LogP contribution in [0.15, 0.2) is 47.4 Å². The number of aryl methyl sites for hydroxylation is 1. The normalized spacial score (nSPS) is 11.2. The zero-order valence-corrected chi connectivity index (χ0v) is 13.2. The third kappa shape index (κ3) is 2.69. The van der Waals surface area contributed by atoms with Crippen LogP contribution < -0.4 is 5.32 Å². The van der Waals surface area contributed by atoms with Crippen LogP contribution in [0, 0.1) is 12.7 Å². The van der Waals surface area contributed by atoms with Gasteiger partial charge >= 0.3 is 0 Å². The molecule has 0 radical (unpaired) electrons. The molecule has 3 aromatic rings. The van der Waals surface area contributed by atoms with Gasteiger partial charge in [-0.3, -0.25) is 3.97 Å². The number of phenolic OH excluding ortho intramolecular Hbond substituents is 1. The van der Waals surface area contributed by atoms with Gasteiger partial charge < -0.3 is 10.4 Å². The Labute approximate surface area is 132 Å². The number of phenols is 1. The third-order valence-corrected chi connectivity index (χ3v) is 4.79. The summed E-state index contributed by atoms with van der Waals surface area (Å²) in [6.07, 6.45) is 0. The Kier molecular flexibility index (Phi) is 4.09. The lowest BCUT2D eigenvalue weighted by Crippen LogP contribution is -2.07. The van der Waals surface area contributed by atoms with Crippen LogP contribution in [0.2, 0.25) is 0 Å². The van der Waals surface area contributed by atoms with Gasteiger partial charge in [0.25, 0.3) is 0 Å². The van der Waals surface area contributed by atoms with Gasteiger partial charge in [0.15, 0.2) is 0 Å². The highest BCUT2D eigenvalue weighted by Crippen LogP contribution is 2.34. The quantitative estimate of drug-likeness (QED) is 0.762. The number of hydrogen-bond acceptors (Lipinski definition) is 3. The molecular formula is C17H17FN2OS. The number of hydrogen-bond donors (Lipinski definition) is 2. The van der Waals surface area contributed by atoms with Crippen LogP contribution in [0.5, 0.6) is 5.75 Å². The van der Waals surface area contributed by atoms with Crippen LogP contribution in [0.3, 0.4) is 0 Å². The van der Waals surface area contributed by atoms with Gasteiger partial charge in [0, 0.05) is 22.5 Å². The summed E-state index contributed by atoms with van der Waals surface area (Å²) >= 11 is 1.53. The predicted octanol–water partition coefficient (Wildman–Crippen LogP) is 4.07. The molecule has 114 valence electrons. The van der Waals surface area contributed by atoms with E-state index < -0.39 is 0 Å². The van der Waals surface area contributed by atoms with Crippen LogP contribution in [0.4, 0.5) is 4.39 Å². The number of benzene rings is 2. The first kappa shape index (κ1) is 14.9. The minimum atomic E-state index is -0.235. The van der Waals surface area contributed by atoms with E-state index in [0.717, 1.165) is 27.1 Å². The van der Waals surface area contributed by atoms with Crippen molar-refractivity contribution in [3.8, 4) is 5.75 Å². The van der Waals surface area contributed by atoms with E-state index in [1.54, 1.807) is 18.2 Å². The van der Waals surface area contributed by atoms with Gasteiger partial charge in [0.1, 0.15) is 11.6 Å². The maximum atomic E-state index is 13.5. The zero-order valence-electron chi connectivity index (χ0n) is 12.4. The first-order chi connectivity index (χ1) is 10.6. The van der Waals surface area contributed by atoms with E-state index in [2.05, 4.69) is 9.29 Å². The van der Waals surface area contributed by atoms with Crippen LogP contribution in [-0.4, -0.2) is 16.1 Å². The minimum Gasteiger partial charge on any atom is -0.507 e. The molecule has 0 spiro atoms. The second-order valence-electron chi connectivity index (χ2n) is 5.16. The van der Waals surface area contributed by atoms with Crippen molar-refractivity contribution < 1.29 is 9.50 Å². The summed E-state index contributed by atoms with van der Waals surface area (Å²) in [5.74, 6) is 0.0378. The van der Waals surface area contributed by atoms with E-state index in [-0.39, 0.29) is 11.6 Å². The smallest absolute Gasteiger partial charge is 0.124 e. The highest BCUT2D eigenvalue weighted by molar-refractivity contribution is 7.98. The molecule has 0 unspecified atom stereocenters. The van der Waals surface area contributed by atoms with Crippen LogP contribution >= 0.6 is 11.9 Å². The minimum absolute atomic E-state index is 0.235. The average Bonchev–Trinajstić information content (AvgIpc) is 2.80. The number of rotatable bonds is 4. The molecule has 0 aliphatic carbocycles. The monoisotopic (exact) mass is 316 g/mol. The van der Waals surface area contributed by atoms with Gasteiger partial charge in [-0.2, -0.15) is 0 Å². The van der Waals surface area contributed by atoms with Crippen molar-refractivity contribution >= 4 is 22.9 Å². The highest BCUT2D eigenvalue weighted by atomic mass is 32.2. The first-order valence-electron chi connectivity index (χ1n) is 7.01. The summed E-state index contributed by atoms with van der Waals surface area (Å²) in [6.45, 7) is 2.59. The highest BCUT2D eigenvalue weighted by Gasteiger charge is 2.12. The second kappa shape index (κ2) is 6.02. The van der Waals surface area contributed by atoms with Crippen LogP contribution in [0.1, 0.15) is 11.3 Å². The number of aromatic hydroxyl groups is 1. The van der Waals surface area contributed by atoms with E-state index in [1.807, 2.05) is 32.2 Å². The summed E-state index contributed by atoms with van der Waals surface area (Å²) in [5.41, 5.74) is 2.89. The van der Waals surface area contributed by atoms with E-state index in [9.17, 15) is 9.50 Å². The SMILES string of the molecule is CNCc1cc(F)ccc1Sn1c(C)cc2c(O)cccc21. The fourth-order valence-corrected chi connectivity index (χ4v) is 3.54. The Balaban J connectivity index is 2.07. The predicted molar refractivity (Wildman–Crippen MR) is 88.8 cm³/mol. The molecule has 0 aliphatic rings. The third-order valence-electron chi connectivity index (χ3n) is 3.53. The summed E-state index contributed by atoms with van der Waals surface area (Å²) < 4.78 is 15.5. The van der Waals surface area contributed by atoms with Gasteiger partial charge in [0.2, 0.25) is 0 Å². The summed E-state index contributed by atoms with van der Waals surface area (Å²) in [7, 11) is 1.84. The average molecular weight is 316 g/mol. The van der Waals surface area contributed by atoms with Crippen molar-refractivity contribution in [1.29, 1.82) is 0 Å². The number of halogens is 1. The number of fused-ring (bicyclic) bond motifs is 1. The van der Waals surface area contributed by atoms with Crippen molar-refractivity contribution in [2.24, 2.45) is 0 Å². The van der Waals surface area contributed by atoms with Crippen molar-refractivity contribution in [3.05, 3.63) is 59.5 Å². The Hall–Kier alpha value is -1.98. The molecule has 5 heteroatoms. The number of aromatic nitrogens is 1. The Morgan fingerprint density at radius 3 is 2.82 bits per heavy atom. The van der Waals surface area contributed by atoms with E-state index in [0.29, 0.717) is 6.54 Å². The van der Waals surface area contributed by atoms with E-state index in [1.165, 1.54) is 18.0 Å². The second-order valence-corrected chi connectivity index (χ2v) is 6.15. The van der Waals surface area contributed by atoms with Crippen molar-refractivity contribution in [2.45, 2.75) is 18.4 Å². The molecule has 2 N–H and O–H groups in total. The molecule has 3 nitrogen and oxygen atoms in total. The van der Waals surface area contributed by atoms with Crippen LogP contribution in [0.25, 0.3) is 10.9 Å². The molecular weight excluding hydrogens is 299 g/mol. The molecule has 2 aromatic carbocycles. The molecule has 1 aromatic heterocycles. The largest absolute Gasteiger partial charge is 0.507 e. The molecule has 0 saturated heterocycles. The molecule has 22 heavy (non-hydrogen) atoms. The Morgan fingerprint density at radius 1 is 1.23 bits per heavy atom. The summed E-state index contributed by atoms with van der Waals surface area (Å²) in [6, 6.07) is 12.3. The lowest BCUT2D eigenvalue weighted by atomic mass is 10.2. The topological polar surface area (TPSA) is 37.2 Å². The number of nitrogens with zero attached hydrogens (tertiary/aromatic N) is 1. The lowest BCUT2D eigenvalue weighted by molar-refractivity contribution is 0.481. The standard InChI is InChI=1S/C17H17FN2OS/c1-11-8-14-15(4-3-5-16(14)21)20(11)22-17-7-6-13(18)9-12(17)10-19-2/h3-9,19,21H,10H2,1-2H3. The number of nitrogens with one attached hydrogen (secondary N) is 1. The van der Waals surface area contributed by atoms with Gasteiger partial charge in [0.05, 0.1) is 5.52 Å². The molecule has 0 aliphatic heterocycles. The molecule has 0 amide bonds. The molecule has 0 fully saturated rings. The zero-order chi connectivity index (χ0) is 15.7. The van der Waals surface area contributed by atoms with E-state index >= 15 is 0 Å².